The number of ether oxygens (including phenoxy) is 1. The van der Waals surface area contributed by atoms with E-state index < -0.39 is 0 Å². The molecule has 0 aliphatic heterocycles. The summed E-state index contributed by atoms with van der Waals surface area (Å²) < 4.78 is 4.54. The van der Waals surface area contributed by atoms with Crippen LogP contribution in [0.2, 0.25) is 0 Å². The van der Waals surface area contributed by atoms with E-state index in [-0.39, 0.29) is 23.8 Å². The maximum atomic E-state index is 12.0. The summed E-state index contributed by atoms with van der Waals surface area (Å²) in [6, 6.07) is 0. The van der Waals surface area contributed by atoms with Crippen molar-refractivity contribution < 1.29 is 14.3 Å². The molecule has 4 heteroatoms. The second-order valence-electron chi connectivity index (χ2n) is 6.95. The summed E-state index contributed by atoms with van der Waals surface area (Å²) in [4.78, 5) is 23.1. The number of methoxy groups -OCH3 is 1. The Morgan fingerprint density at radius 3 is 2.11 bits per heavy atom. The molecule has 0 heterocycles. The van der Waals surface area contributed by atoms with Crippen LogP contribution in [0.15, 0.2) is 0 Å². The number of nitrogens with one attached hydrogen (secondary N) is 1. The summed E-state index contributed by atoms with van der Waals surface area (Å²) in [5.74, 6) is 2.23. The lowest BCUT2D eigenvalue weighted by atomic mass is 9.49. The van der Waals surface area contributed by atoms with E-state index >= 15 is 0 Å². The van der Waals surface area contributed by atoms with Crippen molar-refractivity contribution in [2.24, 2.45) is 23.2 Å². The predicted molar refractivity (Wildman–Crippen MR) is 70.2 cm³/mol. The first-order chi connectivity index (χ1) is 9.08. The summed E-state index contributed by atoms with van der Waals surface area (Å²) in [5.41, 5.74) is 0.245. The Labute approximate surface area is 114 Å². The smallest absolute Gasteiger partial charge is 0.325 e. The van der Waals surface area contributed by atoms with Crippen LogP contribution < -0.4 is 5.32 Å². The van der Waals surface area contributed by atoms with E-state index in [1.54, 1.807) is 0 Å². The van der Waals surface area contributed by atoms with Crippen molar-refractivity contribution in [3.8, 4) is 0 Å². The lowest BCUT2D eigenvalue weighted by Gasteiger charge is -2.56. The van der Waals surface area contributed by atoms with Gasteiger partial charge in [0, 0.05) is 6.42 Å². The van der Waals surface area contributed by atoms with Gasteiger partial charge in [0.2, 0.25) is 5.91 Å². The molecule has 0 aromatic rings. The summed E-state index contributed by atoms with van der Waals surface area (Å²) in [5, 5.41) is 2.69. The standard InChI is InChI=1S/C15H23NO3/c1-19-14(18)9-16-13(17)8-15-5-10-2-11(6-15)4-12(3-10)7-15/h10-12H,2-9H2,1H3,(H,16,17). The first-order valence-electron chi connectivity index (χ1n) is 7.42. The van der Waals surface area contributed by atoms with Gasteiger partial charge in [-0.3, -0.25) is 9.59 Å². The van der Waals surface area contributed by atoms with E-state index in [0.29, 0.717) is 6.42 Å². The number of carbonyl (C=O) groups is 2. The second kappa shape index (κ2) is 4.80. The van der Waals surface area contributed by atoms with Crippen LogP contribution in [0, 0.1) is 23.2 Å². The van der Waals surface area contributed by atoms with Gasteiger partial charge in [-0.25, -0.2) is 0 Å². The zero-order chi connectivity index (χ0) is 13.5. The molecule has 0 unspecified atom stereocenters. The topological polar surface area (TPSA) is 55.4 Å². The quantitative estimate of drug-likeness (QED) is 0.790. The van der Waals surface area contributed by atoms with Crippen molar-refractivity contribution in [3.63, 3.8) is 0 Å². The second-order valence-corrected chi connectivity index (χ2v) is 6.95. The molecule has 4 rings (SSSR count). The SMILES string of the molecule is COC(=O)CNC(=O)CC12CC3CC(CC(C3)C1)C2. The highest BCUT2D eigenvalue weighted by molar-refractivity contribution is 5.82. The molecular weight excluding hydrogens is 242 g/mol. The summed E-state index contributed by atoms with van der Waals surface area (Å²) in [6.07, 6.45) is 8.46. The Morgan fingerprint density at radius 2 is 1.63 bits per heavy atom. The van der Waals surface area contributed by atoms with Gasteiger partial charge in [0.15, 0.2) is 0 Å². The molecule has 19 heavy (non-hydrogen) atoms. The fraction of sp³-hybridized carbons (Fsp3) is 0.867. The van der Waals surface area contributed by atoms with Crippen LogP contribution in [-0.4, -0.2) is 25.5 Å². The monoisotopic (exact) mass is 265 g/mol. The molecule has 4 aliphatic carbocycles. The zero-order valence-electron chi connectivity index (χ0n) is 11.6. The van der Waals surface area contributed by atoms with E-state index in [1.165, 1.54) is 45.6 Å². The van der Waals surface area contributed by atoms with Crippen molar-refractivity contribution in [2.45, 2.75) is 44.9 Å². The molecule has 4 nitrogen and oxygen atoms in total. The lowest BCUT2D eigenvalue weighted by Crippen LogP contribution is -2.48. The van der Waals surface area contributed by atoms with Crippen LogP contribution in [0.3, 0.4) is 0 Å². The van der Waals surface area contributed by atoms with Gasteiger partial charge in [-0.15, -0.1) is 0 Å². The Hall–Kier alpha value is -1.06. The summed E-state index contributed by atoms with van der Waals surface area (Å²) >= 11 is 0. The van der Waals surface area contributed by atoms with Gasteiger partial charge in [0.05, 0.1) is 7.11 Å². The zero-order valence-corrected chi connectivity index (χ0v) is 11.6. The predicted octanol–water partition coefficient (Wildman–Crippen LogP) is 1.88. The molecule has 0 aromatic heterocycles. The number of carbonyl (C=O) groups excluding carboxylic acids is 2. The van der Waals surface area contributed by atoms with Gasteiger partial charge in [-0.05, 0) is 61.7 Å². The minimum absolute atomic E-state index is 0.00169. The Kier molecular flexibility index (Phi) is 3.27. The van der Waals surface area contributed by atoms with Crippen molar-refractivity contribution in [1.82, 2.24) is 5.32 Å². The molecule has 0 atom stereocenters. The fourth-order valence-corrected chi connectivity index (χ4v) is 5.15. The number of hydrogen-bond acceptors (Lipinski definition) is 3. The average molecular weight is 265 g/mol. The first-order valence-corrected chi connectivity index (χ1v) is 7.42. The van der Waals surface area contributed by atoms with E-state index in [2.05, 4.69) is 10.1 Å². The van der Waals surface area contributed by atoms with Gasteiger partial charge in [0.25, 0.3) is 0 Å². The van der Waals surface area contributed by atoms with Crippen molar-refractivity contribution >= 4 is 11.9 Å². The Morgan fingerprint density at radius 1 is 1.11 bits per heavy atom. The van der Waals surface area contributed by atoms with Crippen molar-refractivity contribution in [1.29, 1.82) is 0 Å². The first kappa shape index (κ1) is 12.9. The fourth-order valence-electron chi connectivity index (χ4n) is 5.15. The average Bonchev–Trinajstić information content (AvgIpc) is 2.33. The van der Waals surface area contributed by atoms with Crippen LogP contribution in [-0.2, 0) is 14.3 Å². The third kappa shape index (κ3) is 2.63. The molecule has 0 saturated heterocycles. The molecule has 4 fully saturated rings. The Bertz CT molecular complexity index is 356. The molecular formula is C15H23NO3. The van der Waals surface area contributed by atoms with Crippen molar-refractivity contribution in [2.75, 3.05) is 13.7 Å². The van der Waals surface area contributed by atoms with Crippen LogP contribution in [0.4, 0.5) is 0 Å². The molecule has 1 N–H and O–H groups in total. The van der Waals surface area contributed by atoms with E-state index in [4.69, 9.17) is 0 Å². The number of rotatable bonds is 4. The van der Waals surface area contributed by atoms with Crippen LogP contribution in [0.1, 0.15) is 44.9 Å². The summed E-state index contributed by atoms with van der Waals surface area (Å²) in [7, 11) is 1.34. The minimum Gasteiger partial charge on any atom is -0.468 e. The maximum absolute atomic E-state index is 12.0. The molecule has 4 saturated carbocycles. The number of esters is 1. The molecule has 4 aliphatic rings. The van der Waals surface area contributed by atoms with Gasteiger partial charge < -0.3 is 10.1 Å². The summed E-state index contributed by atoms with van der Waals surface area (Å²) in [6.45, 7) is 0.00169. The van der Waals surface area contributed by atoms with Crippen LogP contribution in [0.5, 0.6) is 0 Å². The van der Waals surface area contributed by atoms with Gasteiger partial charge in [0.1, 0.15) is 6.54 Å². The molecule has 0 radical (unpaired) electrons. The molecule has 106 valence electrons. The highest BCUT2D eigenvalue weighted by atomic mass is 16.5. The Balaban J connectivity index is 1.57. The minimum atomic E-state index is -0.376. The molecule has 0 aromatic carbocycles. The number of amides is 1. The van der Waals surface area contributed by atoms with E-state index in [9.17, 15) is 9.59 Å². The number of hydrogen-bond donors (Lipinski definition) is 1. The van der Waals surface area contributed by atoms with E-state index in [0.717, 1.165) is 17.8 Å². The molecule has 0 spiro atoms. The van der Waals surface area contributed by atoms with Gasteiger partial charge >= 0.3 is 5.97 Å². The van der Waals surface area contributed by atoms with Gasteiger partial charge in [-0.2, -0.15) is 0 Å². The highest BCUT2D eigenvalue weighted by Gasteiger charge is 2.51. The molecule has 4 bridgehead atoms. The van der Waals surface area contributed by atoms with Crippen LogP contribution >= 0.6 is 0 Å². The maximum Gasteiger partial charge on any atom is 0.325 e. The van der Waals surface area contributed by atoms with Gasteiger partial charge in [-0.1, -0.05) is 0 Å². The molecule has 1 amide bonds. The third-order valence-corrected chi connectivity index (χ3v) is 5.36. The lowest BCUT2D eigenvalue weighted by molar-refractivity contribution is -0.142. The third-order valence-electron chi connectivity index (χ3n) is 5.36. The van der Waals surface area contributed by atoms with Crippen molar-refractivity contribution in [3.05, 3.63) is 0 Å². The highest BCUT2D eigenvalue weighted by Crippen LogP contribution is 2.61. The largest absolute Gasteiger partial charge is 0.468 e. The van der Waals surface area contributed by atoms with E-state index in [1.807, 2.05) is 0 Å². The van der Waals surface area contributed by atoms with Crippen LogP contribution in [0.25, 0.3) is 0 Å². The normalized spacial score (nSPS) is 39.1.